The predicted octanol–water partition coefficient (Wildman–Crippen LogP) is 11.4. The SMILES string of the molecule is CCC[C@@]1(c2ccc(-n3cc4cccc(C(N)=O)c4n3)cc2)CCCNC1.NC(=O)c1cccc2cn(-c3ccc(C4(C5CCCC5)CCCNC4)cc3)nc12.NC(=O)c1cccc2cn(-c3ccc([C@@]4(C5CCCC5)CCCNC4)cc3)nc12. The first-order valence-electron chi connectivity index (χ1n) is 31.3. The van der Waals surface area contributed by atoms with Crippen LogP contribution in [0.5, 0.6) is 0 Å². The van der Waals surface area contributed by atoms with Crippen molar-refractivity contribution in [1.29, 1.82) is 0 Å². The lowest BCUT2D eigenvalue weighted by Gasteiger charge is -2.43. The maximum atomic E-state index is 11.7. The molecule has 15 nitrogen and oxygen atoms in total. The van der Waals surface area contributed by atoms with E-state index in [4.69, 9.17) is 17.2 Å². The number of amides is 3. The summed E-state index contributed by atoms with van der Waals surface area (Å²) in [5, 5.41) is 27.6. The van der Waals surface area contributed by atoms with E-state index in [-0.39, 0.29) is 16.2 Å². The molecule has 3 aliphatic heterocycles. The van der Waals surface area contributed by atoms with Crippen LogP contribution < -0.4 is 33.2 Å². The zero-order valence-electron chi connectivity index (χ0n) is 49.2. The zero-order valence-corrected chi connectivity index (χ0v) is 49.2. The van der Waals surface area contributed by atoms with Crippen LogP contribution in [0.4, 0.5) is 0 Å². The Labute approximate surface area is 498 Å². The summed E-state index contributed by atoms with van der Waals surface area (Å²) in [6, 6.07) is 43.1. The molecule has 2 saturated carbocycles. The summed E-state index contributed by atoms with van der Waals surface area (Å²) in [5.74, 6) is 0.227. The Kier molecular flexibility index (Phi) is 16.8. The second kappa shape index (κ2) is 24.9. The van der Waals surface area contributed by atoms with E-state index in [1.54, 1.807) is 18.2 Å². The van der Waals surface area contributed by atoms with E-state index >= 15 is 0 Å². The Hall–Kier alpha value is -7.98. The number of primary amides is 3. The minimum Gasteiger partial charge on any atom is -0.366 e. The summed E-state index contributed by atoms with van der Waals surface area (Å²) in [6.45, 7) is 8.87. The highest BCUT2D eigenvalue weighted by molar-refractivity contribution is 6.06. The number of hydrogen-bond acceptors (Lipinski definition) is 9. The van der Waals surface area contributed by atoms with Gasteiger partial charge in [0.1, 0.15) is 16.6 Å². The van der Waals surface area contributed by atoms with Crippen LogP contribution in [-0.4, -0.2) is 86.3 Å². The molecule has 3 amide bonds. The number of aromatic nitrogens is 6. The van der Waals surface area contributed by atoms with E-state index in [0.29, 0.717) is 33.2 Å². The molecular weight excluding hydrogens is 1060 g/mol. The van der Waals surface area contributed by atoms with Crippen LogP contribution in [-0.2, 0) is 16.2 Å². The monoisotopic (exact) mass is 1140 g/mol. The van der Waals surface area contributed by atoms with E-state index in [2.05, 4.69) is 111 Å². The number of benzene rings is 6. The number of carbonyl (C=O) groups is 3. The number of rotatable bonds is 13. The van der Waals surface area contributed by atoms with Gasteiger partial charge < -0.3 is 33.2 Å². The van der Waals surface area contributed by atoms with Crippen molar-refractivity contribution in [3.8, 4) is 17.1 Å². The van der Waals surface area contributed by atoms with Crippen LogP contribution in [0.2, 0.25) is 0 Å². The Bertz CT molecular complexity index is 3620. The van der Waals surface area contributed by atoms with Crippen LogP contribution in [0.1, 0.15) is 157 Å². The number of nitrogens with one attached hydrogen (secondary N) is 3. The van der Waals surface area contributed by atoms with E-state index < -0.39 is 17.7 Å². The minimum atomic E-state index is -0.451. The summed E-state index contributed by atoms with van der Waals surface area (Å²) in [6.07, 6.45) is 26.6. The van der Waals surface area contributed by atoms with E-state index in [9.17, 15) is 14.4 Å². The second-order valence-electron chi connectivity index (χ2n) is 24.8. The van der Waals surface area contributed by atoms with Crippen LogP contribution in [0.25, 0.3) is 49.8 Å². The van der Waals surface area contributed by atoms with Crippen molar-refractivity contribution < 1.29 is 14.4 Å². The van der Waals surface area contributed by atoms with Gasteiger partial charge in [0, 0.05) is 70.6 Å². The maximum Gasteiger partial charge on any atom is 0.250 e. The first kappa shape index (κ1) is 57.5. The van der Waals surface area contributed by atoms with E-state index in [1.165, 1.54) is 119 Å². The van der Waals surface area contributed by atoms with Crippen LogP contribution in [0.3, 0.4) is 0 Å². The van der Waals surface area contributed by atoms with Gasteiger partial charge in [-0.2, -0.15) is 15.3 Å². The molecular formula is C70H82N12O3. The summed E-state index contributed by atoms with van der Waals surface area (Å²) >= 11 is 0. The number of hydrogen-bond donors (Lipinski definition) is 6. The second-order valence-corrected chi connectivity index (χ2v) is 24.8. The predicted molar refractivity (Wildman–Crippen MR) is 339 cm³/mol. The van der Waals surface area contributed by atoms with Crippen molar-refractivity contribution in [3.63, 3.8) is 0 Å². The van der Waals surface area contributed by atoms with Crippen LogP contribution in [0.15, 0.2) is 146 Å². The lowest BCUT2D eigenvalue weighted by atomic mass is 9.65. The molecule has 1 unspecified atom stereocenters. The van der Waals surface area contributed by atoms with E-state index in [1.807, 2.05) is 69.0 Å². The normalized spacial score (nSPS) is 22.0. The molecule has 0 spiro atoms. The molecule has 3 aromatic heterocycles. The van der Waals surface area contributed by atoms with Crippen molar-refractivity contribution in [2.75, 3.05) is 39.3 Å². The average Bonchev–Trinajstić information content (AvgIpc) is 3.07. The van der Waals surface area contributed by atoms with Crippen LogP contribution in [0, 0.1) is 11.8 Å². The molecule has 6 heterocycles. The van der Waals surface area contributed by atoms with Gasteiger partial charge in [-0.05, 0) is 173 Å². The molecule has 5 aliphatic rings. The lowest BCUT2D eigenvalue weighted by molar-refractivity contribution is 0.0993. The first-order valence-corrected chi connectivity index (χ1v) is 31.3. The number of nitrogens with zero attached hydrogens (tertiary/aromatic N) is 6. The molecule has 3 atom stereocenters. The smallest absolute Gasteiger partial charge is 0.250 e. The average molecular weight is 1140 g/mol. The fourth-order valence-corrected chi connectivity index (χ4v) is 15.5. The third-order valence-electron chi connectivity index (χ3n) is 19.9. The van der Waals surface area contributed by atoms with Gasteiger partial charge in [-0.25, -0.2) is 14.0 Å². The Morgan fingerprint density at radius 3 is 1.09 bits per heavy atom. The highest BCUT2D eigenvalue weighted by atomic mass is 16.2. The van der Waals surface area contributed by atoms with Crippen molar-refractivity contribution in [3.05, 3.63) is 179 Å². The number of fused-ring (bicyclic) bond motifs is 3. The molecule has 15 heteroatoms. The largest absolute Gasteiger partial charge is 0.366 e. The molecule has 14 rings (SSSR count). The fourth-order valence-electron chi connectivity index (χ4n) is 15.5. The van der Waals surface area contributed by atoms with Gasteiger partial charge in [-0.1, -0.05) is 112 Å². The summed E-state index contributed by atoms with van der Waals surface area (Å²) in [4.78, 5) is 35.1. The Morgan fingerprint density at radius 2 is 0.788 bits per heavy atom. The summed E-state index contributed by atoms with van der Waals surface area (Å²) < 4.78 is 5.52. The minimum absolute atomic E-state index is 0.236. The summed E-state index contributed by atoms with van der Waals surface area (Å²) in [5.41, 5.74) is 27.9. The highest BCUT2D eigenvalue weighted by Crippen LogP contribution is 2.48. The number of carbonyl (C=O) groups excluding carboxylic acids is 3. The molecule has 5 fully saturated rings. The third-order valence-corrected chi connectivity index (χ3v) is 19.9. The molecule has 0 bridgehead atoms. The fraction of sp³-hybridized carbons (Fsp3) is 0.400. The molecule has 9 aromatic rings. The van der Waals surface area contributed by atoms with E-state index in [0.717, 1.165) is 84.3 Å². The van der Waals surface area contributed by atoms with Crippen molar-refractivity contribution in [2.24, 2.45) is 29.0 Å². The molecule has 0 radical (unpaired) electrons. The first-order chi connectivity index (χ1) is 41.5. The Morgan fingerprint density at radius 1 is 0.447 bits per heavy atom. The quantitative estimate of drug-likeness (QED) is 0.0646. The van der Waals surface area contributed by atoms with Crippen LogP contribution >= 0.6 is 0 Å². The maximum absolute atomic E-state index is 11.7. The van der Waals surface area contributed by atoms with Gasteiger partial charge in [0.05, 0.1) is 33.8 Å². The third kappa shape index (κ3) is 11.5. The lowest BCUT2D eigenvalue weighted by Crippen LogP contribution is -2.47. The van der Waals surface area contributed by atoms with Gasteiger partial charge in [0.2, 0.25) is 0 Å². The molecule has 3 saturated heterocycles. The molecule has 6 aromatic carbocycles. The van der Waals surface area contributed by atoms with Crippen molar-refractivity contribution >= 4 is 50.4 Å². The van der Waals surface area contributed by atoms with Crippen molar-refractivity contribution in [2.45, 2.75) is 126 Å². The standard InChI is InChI=1S/2C24H28N4O.C22H26N4O/c2*25-23(29)21-8-3-5-17-15-28(27-22(17)21)20-11-9-19(10-12-20)24(13-4-14-26-16-24)18-6-1-2-7-18;1-2-11-22(12-4-13-24-15-22)17-7-9-18(10-8-17)26-14-16-5-3-6-19(21(23)27)20(16)25-26/h2*3,5,8-12,15,18,26H,1-2,4,6-7,13-14,16H2,(H2,25,29);3,5-10,14,24H,2,4,11-13,15H2,1H3,(H2,23,27)/t24-;;22-/m0.1/s1. The zero-order chi connectivity index (χ0) is 58.5. The van der Waals surface area contributed by atoms with Crippen molar-refractivity contribution in [1.82, 2.24) is 45.3 Å². The number of nitrogens with two attached hydrogens (primary N) is 3. The molecule has 9 N–H and O–H groups in total. The molecule has 440 valence electrons. The van der Waals surface area contributed by atoms with Gasteiger partial charge in [-0.3, -0.25) is 14.4 Å². The Balaban J connectivity index is 0.000000125. The summed E-state index contributed by atoms with van der Waals surface area (Å²) in [7, 11) is 0. The van der Waals surface area contributed by atoms with Gasteiger partial charge in [0.25, 0.3) is 17.7 Å². The topological polar surface area (TPSA) is 219 Å². The number of piperidine rings is 3. The van der Waals surface area contributed by atoms with Gasteiger partial charge in [-0.15, -0.1) is 0 Å². The molecule has 2 aliphatic carbocycles. The highest BCUT2D eigenvalue weighted by Gasteiger charge is 2.44. The van der Waals surface area contributed by atoms with Gasteiger partial charge >= 0.3 is 0 Å². The molecule has 85 heavy (non-hydrogen) atoms. The van der Waals surface area contributed by atoms with Gasteiger partial charge in [0.15, 0.2) is 0 Å².